The Balaban J connectivity index is 0.000000257. The third-order valence-corrected chi connectivity index (χ3v) is 10.2. The first-order valence-electron chi connectivity index (χ1n) is 16.3. The van der Waals surface area contributed by atoms with Crippen LogP contribution in [0.3, 0.4) is 0 Å². The lowest BCUT2D eigenvalue weighted by molar-refractivity contribution is -0.174. The molecule has 2 saturated heterocycles. The first-order chi connectivity index (χ1) is 24.3. The van der Waals surface area contributed by atoms with Gasteiger partial charge >= 0.3 is 5.97 Å². The van der Waals surface area contributed by atoms with Gasteiger partial charge < -0.3 is 19.8 Å². The van der Waals surface area contributed by atoms with Crippen LogP contribution in [-0.2, 0) is 19.1 Å². The number of nitrogens with zero attached hydrogens (tertiary/aromatic N) is 2. The Hall–Kier alpha value is -5.22. The van der Waals surface area contributed by atoms with Crippen LogP contribution in [0.4, 0.5) is 5.69 Å². The number of hydrogen-bond acceptors (Lipinski definition) is 7. The van der Waals surface area contributed by atoms with E-state index in [0.717, 1.165) is 22.3 Å². The zero-order valence-corrected chi connectivity index (χ0v) is 28.3. The maximum absolute atomic E-state index is 13.3. The number of hydrogen-bond donors (Lipinski definition) is 2. The van der Waals surface area contributed by atoms with Crippen molar-refractivity contribution in [2.45, 2.75) is 36.1 Å². The zero-order valence-electron chi connectivity index (χ0n) is 27.5. The first kappa shape index (κ1) is 34.6. The molecule has 7 rings (SSSR count). The summed E-state index contributed by atoms with van der Waals surface area (Å²) in [7, 11) is 0. The predicted octanol–water partition coefficient (Wildman–Crippen LogP) is 6.16. The molecule has 0 radical (unpaired) electrons. The van der Waals surface area contributed by atoms with Gasteiger partial charge in [0.25, 0.3) is 0 Å². The topological polar surface area (TPSA) is 107 Å². The van der Waals surface area contributed by atoms with E-state index in [0.29, 0.717) is 5.69 Å². The van der Waals surface area contributed by atoms with Gasteiger partial charge in [-0.1, -0.05) is 140 Å². The number of para-hydroxylation sites is 1. The molecule has 254 valence electrons. The van der Waals surface area contributed by atoms with E-state index in [2.05, 4.69) is 0 Å². The van der Waals surface area contributed by atoms with Crippen LogP contribution in [0.15, 0.2) is 152 Å². The van der Waals surface area contributed by atoms with Gasteiger partial charge in [-0.15, -0.1) is 11.8 Å². The van der Waals surface area contributed by atoms with Crippen LogP contribution >= 0.6 is 11.8 Å². The van der Waals surface area contributed by atoms with Gasteiger partial charge in [0.2, 0.25) is 11.8 Å². The van der Waals surface area contributed by atoms with E-state index < -0.39 is 29.8 Å². The minimum atomic E-state index is -1.86. The van der Waals surface area contributed by atoms with Crippen LogP contribution in [0.25, 0.3) is 0 Å². The minimum Gasteiger partial charge on any atom is -0.450 e. The zero-order chi connectivity index (χ0) is 35.1. The summed E-state index contributed by atoms with van der Waals surface area (Å²) in [6.07, 6.45) is -1.21. The third kappa shape index (κ3) is 7.50. The molecule has 50 heavy (non-hydrogen) atoms. The molecule has 0 bridgehead atoms. The first-order valence-corrected chi connectivity index (χ1v) is 17.4. The molecule has 0 spiro atoms. The quantitative estimate of drug-likeness (QED) is 0.149. The van der Waals surface area contributed by atoms with E-state index in [1.54, 1.807) is 12.1 Å². The second kappa shape index (κ2) is 15.6. The largest absolute Gasteiger partial charge is 0.450 e. The van der Waals surface area contributed by atoms with Gasteiger partial charge in [-0.25, -0.2) is 4.79 Å². The van der Waals surface area contributed by atoms with E-state index in [9.17, 15) is 24.6 Å². The number of ether oxygens (including phenoxy) is 1. The number of rotatable bonds is 8. The van der Waals surface area contributed by atoms with Crippen molar-refractivity contribution in [1.29, 1.82) is 0 Å². The molecular formula is C41H38N2O6S. The normalized spacial score (nSPS) is 19.5. The Kier molecular flexibility index (Phi) is 10.8. The van der Waals surface area contributed by atoms with Crippen LogP contribution in [0, 0.1) is 0 Å². The van der Waals surface area contributed by atoms with Crippen molar-refractivity contribution in [1.82, 2.24) is 4.90 Å². The molecule has 3 atom stereocenters. The summed E-state index contributed by atoms with van der Waals surface area (Å²) in [5.74, 6) is -1.28. The van der Waals surface area contributed by atoms with Gasteiger partial charge in [0.05, 0.1) is 6.54 Å². The Morgan fingerprint density at radius 2 is 1.16 bits per heavy atom. The molecule has 2 N–H and O–H groups in total. The fourth-order valence-electron chi connectivity index (χ4n) is 6.16. The second-order valence-corrected chi connectivity index (χ2v) is 13.3. The molecule has 5 aromatic carbocycles. The molecule has 2 aliphatic heterocycles. The Morgan fingerprint density at radius 3 is 1.60 bits per heavy atom. The number of amides is 2. The number of carbonyl (C=O) groups excluding carboxylic acids is 3. The number of anilines is 1. The summed E-state index contributed by atoms with van der Waals surface area (Å²) in [5, 5.41) is 20.9. The monoisotopic (exact) mass is 686 g/mol. The Morgan fingerprint density at radius 1 is 0.740 bits per heavy atom. The van der Waals surface area contributed by atoms with E-state index in [4.69, 9.17) is 4.74 Å². The van der Waals surface area contributed by atoms with E-state index in [1.165, 1.54) is 28.5 Å². The molecule has 2 amide bonds. The van der Waals surface area contributed by atoms with E-state index >= 15 is 0 Å². The number of thioether (sulfide) groups is 1. The van der Waals surface area contributed by atoms with Gasteiger partial charge in [-0.2, -0.15) is 0 Å². The lowest BCUT2D eigenvalue weighted by Gasteiger charge is -2.55. The van der Waals surface area contributed by atoms with Crippen LogP contribution < -0.4 is 4.90 Å². The van der Waals surface area contributed by atoms with Crippen LogP contribution in [-0.4, -0.2) is 62.2 Å². The van der Waals surface area contributed by atoms with Crippen molar-refractivity contribution in [3.05, 3.63) is 174 Å². The molecule has 2 unspecified atom stereocenters. The SMILES string of the molecule is CC(=O)N(c1ccccc1)C1C(=O)N2CC(O)(C(=O)OC(c3ccccc3)c3ccccc3)CS[C@H]12.OC(c1ccccc1)c1ccccc1. The smallest absolute Gasteiger partial charge is 0.341 e. The molecule has 2 aliphatic rings. The van der Waals surface area contributed by atoms with Crippen LogP contribution in [0.5, 0.6) is 0 Å². The summed E-state index contributed by atoms with van der Waals surface area (Å²) in [4.78, 5) is 41.9. The third-order valence-electron chi connectivity index (χ3n) is 8.73. The van der Waals surface area contributed by atoms with Crippen molar-refractivity contribution in [3.8, 4) is 0 Å². The van der Waals surface area contributed by atoms with Crippen molar-refractivity contribution in [2.75, 3.05) is 17.2 Å². The molecular weight excluding hydrogens is 649 g/mol. The summed E-state index contributed by atoms with van der Waals surface area (Å²) in [6.45, 7) is 1.24. The van der Waals surface area contributed by atoms with Crippen molar-refractivity contribution >= 4 is 35.2 Å². The van der Waals surface area contributed by atoms with Gasteiger partial charge in [-0.05, 0) is 34.4 Å². The summed E-state index contributed by atoms with van der Waals surface area (Å²) in [6, 6.07) is 46.3. The fourth-order valence-corrected chi connectivity index (χ4v) is 7.59. The number of β-lactam (4-membered cyclic amide) rings is 1. The number of carbonyl (C=O) groups is 3. The highest BCUT2D eigenvalue weighted by Crippen LogP contribution is 2.43. The number of aliphatic hydroxyl groups is 2. The van der Waals surface area contributed by atoms with E-state index in [-0.39, 0.29) is 29.5 Å². The number of aliphatic hydroxyl groups excluding tert-OH is 1. The minimum absolute atomic E-state index is 0.0492. The standard InChI is InChI=1S/C28H26N2O5S.C13H12O/c1-19(31)30(22-15-9-4-10-16-22)23-25(32)29-17-28(34,18-36-26(23)29)27(33)35-24(20-11-5-2-6-12-20)21-13-7-3-8-14-21;14-13(11-7-3-1-4-8-11)12-9-5-2-6-10-12/h2-16,23-24,26,34H,17-18H2,1H3;1-10,13-14H/t23?,26-,28?;/m1./s1. The maximum atomic E-state index is 13.3. The van der Waals surface area contributed by atoms with Crippen LogP contribution in [0.2, 0.25) is 0 Å². The summed E-state index contributed by atoms with van der Waals surface area (Å²) >= 11 is 1.28. The maximum Gasteiger partial charge on any atom is 0.341 e. The highest BCUT2D eigenvalue weighted by atomic mass is 32.2. The van der Waals surface area contributed by atoms with Gasteiger partial charge in [0.1, 0.15) is 17.5 Å². The Bertz CT molecular complexity index is 1800. The molecule has 2 heterocycles. The molecule has 0 saturated carbocycles. The number of esters is 1. The van der Waals surface area contributed by atoms with Crippen molar-refractivity contribution < 1.29 is 29.3 Å². The van der Waals surface area contributed by atoms with Crippen molar-refractivity contribution in [3.63, 3.8) is 0 Å². The van der Waals surface area contributed by atoms with E-state index in [1.807, 2.05) is 140 Å². The molecule has 8 nitrogen and oxygen atoms in total. The van der Waals surface area contributed by atoms with Gasteiger partial charge in [0.15, 0.2) is 11.7 Å². The number of benzene rings is 5. The lowest BCUT2D eigenvalue weighted by atomic mass is 9.97. The van der Waals surface area contributed by atoms with Gasteiger partial charge in [0, 0.05) is 18.4 Å². The highest BCUT2D eigenvalue weighted by molar-refractivity contribution is 8.00. The van der Waals surface area contributed by atoms with Crippen LogP contribution in [0.1, 0.15) is 41.4 Å². The number of fused-ring (bicyclic) bond motifs is 1. The summed E-state index contributed by atoms with van der Waals surface area (Å²) in [5.41, 5.74) is 2.19. The lowest BCUT2D eigenvalue weighted by Crippen LogP contribution is -2.75. The predicted molar refractivity (Wildman–Crippen MR) is 194 cm³/mol. The van der Waals surface area contributed by atoms with Crippen molar-refractivity contribution in [2.24, 2.45) is 0 Å². The molecule has 9 heteroatoms. The fraction of sp³-hybridized carbons (Fsp3) is 0.195. The molecule has 0 aromatic heterocycles. The average Bonchev–Trinajstić information content (AvgIpc) is 3.17. The average molecular weight is 687 g/mol. The Labute approximate surface area is 295 Å². The molecule has 0 aliphatic carbocycles. The molecule has 2 fully saturated rings. The van der Waals surface area contributed by atoms with Gasteiger partial charge in [-0.3, -0.25) is 14.5 Å². The molecule has 5 aromatic rings. The highest BCUT2D eigenvalue weighted by Gasteiger charge is 2.59. The summed E-state index contributed by atoms with van der Waals surface area (Å²) < 4.78 is 5.89. The second-order valence-electron chi connectivity index (χ2n) is 12.2.